The molecule has 3 rings (SSSR count). The van der Waals surface area contributed by atoms with Crippen LogP contribution in [0.15, 0.2) is 44.2 Å². The molecule has 3 aromatic rings. The van der Waals surface area contributed by atoms with Gasteiger partial charge >= 0.3 is 5.63 Å². The highest BCUT2D eigenvalue weighted by atomic mass is 16.4. The fourth-order valence-electron chi connectivity index (χ4n) is 2.17. The second-order valence-electron chi connectivity index (χ2n) is 4.81. The molecule has 0 spiro atoms. The summed E-state index contributed by atoms with van der Waals surface area (Å²) in [6, 6.07) is 6.66. The van der Waals surface area contributed by atoms with E-state index in [9.17, 15) is 9.90 Å². The number of hydrogen-bond acceptors (Lipinski definition) is 4. The molecule has 0 radical (unpaired) electrons. The predicted molar refractivity (Wildman–Crippen MR) is 67.5 cm³/mol. The average Bonchev–Trinajstić information content (AvgIpc) is 2.74. The van der Waals surface area contributed by atoms with E-state index in [1.54, 1.807) is 38.3 Å². The smallest absolute Gasteiger partial charge is 0.336 e. The third-order valence-electron chi connectivity index (χ3n) is 3.00. The summed E-state index contributed by atoms with van der Waals surface area (Å²) in [7, 11) is 0. The number of benzene rings is 1. The van der Waals surface area contributed by atoms with E-state index in [1.165, 1.54) is 6.07 Å². The zero-order chi connectivity index (χ0) is 12.9. The topological polar surface area (TPSA) is 63.6 Å². The van der Waals surface area contributed by atoms with Gasteiger partial charge in [-0.3, -0.25) is 0 Å². The minimum atomic E-state index is -1.11. The molecule has 2 heterocycles. The Bertz CT molecular complexity index is 787. The van der Waals surface area contributed by atoms with E-state index in [1.807, 2.05) is 0 Å². The fraction of sp³-hybridized carbons (Fsp3) is 0.214. The molecule has 0 aliphatic carbocycles. The van der Waals surface area contributed by atoms with Crippen LogP contribution in [-0.2, 0) is 5.60 Å². The van der Waals surface area contributed by atoms with E-state index < -0.39 is 11.2 Å². The molecule has 4 heteroatoms. The highest BCUT2D eigenvalue weighted by molar-refractivity contribution is 6.03. The van der Waals surface area contributed by atoms with E-state index in [-0.39, 0.29) is 0 Å². The maximum absolute atomic E-state index is 11.6. The third-order valence-corrected chi connectivity index (χ3v) is 3.00. The van der Waals surface area contributed by atoms with Gasteiger partial charge < -0.3 is 13.9 Å². The van der Waals surface area contributed by atoms with Crippen molar-refractivity contribution >= 4 is 21.9 Å². The SMILES string of the molecule is CC(C)(O)c1cc(=O)oc2c1ccc1occc12. The Morgan fingerprint density at radius 2 is 1.94 bits per heavy atom. The van der Waals surface area contributed by atoms with Crippen molar-refractivity contribution in [2.24, 2.45) is 0 Å². The van der Waals surface area contributed by atoms with Gasteiger partial charge in [0.2, 0.25) is 0 Å². The Morgan fingerprint density at radius 1 is 1.17 bits per heavy atom. The molecule has 2 aromatic heterocycles. The van der Waals surface area contributed by atoms with Crippen molar-refractivity contribution in [3.8, 4) is 0 Å². The first-order valence-electron chi connectivity index (χ1n) is 5.64. The number of hydrogen-bond donors (Lipinski definition) is 1. The van der Waals surface area contributed by atoms with Crippen LogP contribution in [0.5, 0.6) is 0 Å². The van der Waals surface area contributed by atoms with Crippen LogP contribution in [0.1, 0.15) is 19.4 Å². The molecule has 0 saturated carbocycles. The van der Waals surface area contributed by atoms with E-state index in [4.69, 9.17) is 8.83 Å². The van der Waals surface area contributed by atoms with Gasteiger partial charge in [0.25, 0.3) is 0 Å². The minimum Gasteiger partial charge on any atom is -0.464 e. The van der Waals surface area contributed by atoms with Crippen molar-refractivity contribution in [2.45, 2.75) is 19.4 Å². The van der Waals surface area contributed by atoms with Gasteiger partial charge in [0.1, 0.15) is 11.2 Å². The highest BCUT2D eigenvalue weighted by Crippen LogP contribution is 2.31. The van der Waals surface area contributed by atoms with Gasteiger partial charge in [0, 0.05) is 17.0 Å². The quantitative estimate of drug-likeness (QED) is 0.668. The van der Waals surface area contributed by atoms with Crippen LogP contribution < -0.4 is 5.63 Å². The maximum Gasteiger partial charge on any atom is 0.336 e. The van der Waals surface area contributed by atoms with Crippen LogP contribution in [0, 0.1) is 0 Å². The van der Waals surface area contributed by atoms with E-state index in [2.05, 4.69) is 0 Å². The van der Waals surface area contributed by atoms with Crippen molar-refractivity contribution in [1.29, 1.82) is 0 Å². The molecule has 0 unspecified atom stereocenters. The molecular formula is C14H12O4. The zero-order valence-electron chi connectivity index (χ0n) is 10.1. The summed E-state index contributed by atoms with van der Waals surface area (Å²) < 4.78 is 10.5. The van der Waals surface area contributed by atoms with E-state index in [0.29, 0.717) is 16.7 Å². The van der Waals surface area contributed by atoms with Gasteiger partial charge in [0.05, 0.1) is 17.3 Å². The lowest BCUT2D eigenvalue weighted by atomic mass is 9.95. The van der Waals surface area contributed by atoms with Crippen molar-refractivity contribution in [3.63, 3.8) is 0 Å². The Kier molecular flexibility index (Phi) is 2.12. The lowest BCUT2D eigenvalue weighted by Gasteiger charge is -2.19. The Morgan fingerprint density at radius 3 is 2.67 bits per heavy atom. The summed E-state index contributed by atoms with van der Waals surface area (Å²) in [5, 5.41) is 11.6. The molecule has 4 nitrogen and oxygen atoms in total. The van der Waals surface area contributed by atoms with Gasteiger partial charge in [-0.1, -0.05) is 0 Å². The van der Waals surface area contributed by atoms with Crippen LogP contribution in [0.2, 0.25) is 0 Å². The molecule has 0 aliphatic rings. The number of rotatable bonds is 1. The number of fused-ring (bicyclic) bond motifs is 3. The number of aliphatic hydroxyl groups is 1. The molecular weight excluding hydrogens is 232 g/mol. The molecule has 1 N–H and O–H groups in total. The average molecular weight is 244 g/mol. The van der Waals surface area contributed by atoms with Gasteiger partial charge in [-0.15, -0.1) is 0 Å². The standard InChI is InChI=1S/C14H12O4/c1-14(2,16)10-7-12(15)18-13-8(10)3-4-11-9(13)5-6-17-11/h3-7,16H,1-2H3. The van der Waals surface area contributed by atoms with Gasteiger partial charge in [-0.05, 0) is 32.0 Å². The molecule has 0 amide bonds. The van der Waals surface area contributed by atoms with Crippen LogP contribution in [0.4, 0.5) is 0 Å². The van der Waals surface area contributed by atoms with Crippen molar-refractivity contribution < 1.29 is 13.9 Å². The molecule has 92 valence electrons. The first-order valence-corrected chi connectivity index (χ1v) is 5.64. The molecule has 0 fully saturated rings. The Labute approximate surface area is 102 Å². The molecule has 0 aliphatic heterocycles. The molecule has 1 aromatic carbocycles. The third kappa shape index (κ3) is 1.54. The summed E-state index contributed by atoms with van der Waals surface area (Å²) in [4.78, 5) is 11.6. The molecule has 0 bridgehead atoms. The summed E-state index contributed by atoms with van der Waals surface area (Å²) in [5.74, 6) is 0. The first-order chi connectivity index (χ1) is 8.47. The van der Waals surface area contributed by atoms with E-state index >= 15 is 0 Å². The van der Waals surface area contributed by atoms with Crippen LogP contribution in [-0.4, -0.2) is 5.11 Å². The lowest BCUT2D eigenvalue weighted by Crippen LogP contribution is -2.18. The van der Waals surface area contributed by atoms with E-state index in [0.717, 1.165) is 10.8 Å². The molecule has 18 heavy (non-hydrogen) atoms. The van der Waals surface area contributed by atoms with Crippen molar-refractivity contribution in [2.75, 3.05) is 0 Å². The molecule has 0 atom stereocenters. The maximum atomic E-state index is 11.6. The van der Waals surface area contributed by atoms with Gasteiger partial charge in [-0.2, -0.15) is 0 Å². The zero-order valence-corrected chi connectivity index (χ0v) is 10.1. The van der Waals surface area contributed by atoms with Crippen LogP contribution in [0.3, 0.4) is 0 Å². The largest absolute Gasteiger partial charge is 0.464 e. The summed E-state index contributed by atoms with van der Waals surface area (Å²) in [6.07, 6.45) is 1.54. The Balaban J connectivity index is 2.56. The van der Waals surface area contributed by atoms with Gasteiger partial charge in [0.15, 0.2) is 0 Å². The van der Waals surface area contributed by atoms with Crippen molar-refractivity contribution in [1.82, 2.24) is 0 Å². The fourth-order valence-corrected chi connectivity index (χ4v) is 2.17. The predicted octanol–water partition coefficient (Wildman–Crippen LogP) is 2.77. The van der Waals surface area contributed by atoms with Gasteiger partial charge in [-0.25, -0.2) is 4.79 Å². The lowest BCUT2D eigenvalue weighted by molar-refractivity contribution is 0.0797. The second kappa shape index (κ2) is 3.46. The summed E-state index contributed by atoms with van der Waals surface area (Å²) in [6.45, 7) is 3.28. The van der Waals surface area contributed by atoms with Crippen molar-refractivity contribution in [3.05, 3.63) is 46.5 Å². The minimum absolute atomic E-state index is 0.450. The monoisotopic (exact) mass is 244 g/mol. The normalized spacial score (nSPS) is 12.4. The summed E-state index contributed by atoms with van der Waals surface area (Å²) >= 11 is 0. The number of furan rings is 1. The summed E-state index contributed by atoms with van der Waals surface area (Å²) in [5.41, 5.74) is 0.0700. The highest BCUT2D eigenvalue weighted by Gasteiger charge is 2.22. The first kappa shape index (κ1) is 11.0. The second-order valence-corrected chi connectivity index (χ2v) is 4.81. The molecule has 0 saturated heterocycles. The van der Waals surface area contributed by atoms with Crippen LogP contribution >= 0.6 is 0 Å². The van der Waals surface area contributed by atoms with Crippen LogP contribution in [0.25, 0.3) is 21.9 Å². The Hall–Kier alpha value is -2.07.